The molecule has 2 aliphatic heterocycles. The number of rotatable bonds is 13. The van der Waals surface area contributed by atoms with E-state index in [1.807, 2.05) is 66.9 Å². The van der Waals surface area contributed by atoms with Crippen molar-refractivity contribution in [3.8, 4) is 0 Å². The number of nitrogens with zero attached hydrogens (tertiary/aromatic N) is 1. The molecule has 0 aliphatic carbocycles. The van der Waals surface area contributed by atoms with Crippen LogP contribution in [0.1, 0.15) is 80.1 Å². The van der Waals surface area contributed by atoms with Crippen LogP contribution in [0.5, 0.6) is 0 Å². The molecule has 2 aliphatic rings. The Hall–Kier alpha value is -2.24. The smallest absolute Gasteiger partial charge is 0.407 e. The Morgan fingerprint density at radius 1 is 1.27 bits per heavy atom. The second kappa shape index (κ2) is 18.0. The molecule has 2 heterocycles. The van der Waals surface area contributed by atoms with Crippen LogP contribution in [0.4, 0.5) is 4.79 Å². The maximum absolute atomic E-state index is 12.7. The van der Waals surface area contributed by atoms with Gasteiger partial charge in [0.05, 0.1) is 36.4 Å². The van der Waals surface area contributed by atoms with E-state index in [2.05, 4.69) is 10.2 Å². The Morgan fingerprint density at radius 2 is 1.98 bits per heavy atom. The van der Waals surface area contributed by atoms with E-state index in [-0.39, 0.29) is 36.4 Å². The zero-order chi connectivity index (χ0) is 33.0. The molecule has 10 unspecified atom stereocenters. The lowest BCUT2D eigenvalue weighted by Crippen LogP contribution is -2.34. The van der Waals surface area contributed by atoms with Crippen LogP contribution in [0, 0.1) is 17.8 Å². The van der Waals surface area contributed by atoms with E-state index in [1.165, 1.54) is 0 Å². The van der Waals surface area contributed by atoms with Gasteiger partial charge in [-0.25, -0.2) is 4.79 Å². The van der Waals surface area contributed by atoms with Gasteiger partial charge < -0.3 is 39.7 Å². The summed E-state index contributed by atoms with van der Waals surface area (Å²) >= 11 is 0. The predicted molar refractivity (Wildman–Crippen MR) is 171 cm³/mol. The number of ether oxygens (including phenoxy) is 3. The lowest BCUT2D eigenvalue weighted by Gasteiger charge is -2.27. The number of cyclic esters (lactones) is 1. The molecule has 0 radical (unpaired) electrons. The van der Waals surface area contributed by atoms with Crippen molar-refractivity contribution in [3.05, 3.63) is 36.0 Å². The van der Waals surface area contributed by atoms with E-state index in [1.54, 1.807) is 19.1 Å². The molecule has 0 aromatic rings. The Morgan fingerprint density at radius 3 is 2.64 bits per heavy atom. The number of allylic oxidation sites excluding steroid dienone is 2. The summed E-state index contributed by atoms with van der Waals surface area (Å²) in [4.78, 5) is 27.3. The van der Waals surface area contributed by atoms with Crippen LogP contribution < -0.4 is 5.32 Å². The molecule has 0 bridgehead atoms. The Bertz CT molecular complexity index is 994. The number of epoxide rings is 1. The molecule has 1 amide bonds. The van der Waals surface area contributed by atoms with Crippen molar-refractivity contribution in [1.82, 2.24) is 10.2 Å². The van der Waals surface area contributed by atoms with Crippen molar-refractivity contribution in [2.45, 2.75) is 122 Å². The van der Waals surface area contributed by atoms with Crippen molar-refractivity contribution >= 4 is 12.1 Å². The number of carbonyl (C=O) groups excluding carboxylic acids is 2. The molecular weight excluding hydrogens is 564 g/mol. The molecule has 10 atom stereocenters. The first-order valence-corrected chi connectivity index (χ1v) is 16.2. The summed E-state index contributed by atoms with van der Waals surface area (Å²) in [6.45, 7) is 12.7. The summed E-state index contributed by atoms with van der Waals surface area (Å²) in [5.41, 5.74) is -0.363. The molecular formula is C34H58N2O8. The van der Waals surface area contributed by atoms with Crippen LogP contribution in [-0.4, -0.2) is 102 Å². The Labute approximate surface area is 264 Å². The number of amides is 1. The van der Waals surface area contributed by atoms with Gasteiger partial charge in [-0.05, 0) is 77.7 Å². The second-order valence-corrected chi connectivity index (χ2v) is 13.3. The van der Waals surface area contributed by atoms with Crippen LogP contribution in [0.2, 0.25) is 0 Å². The van der Waals surface area contributed by atoms with E-state index in [0.29, 0.717) is 32.2 Å². The van der Waals surface area contributed by atoms with Gasteiger partial charge in [-0.1, -0.05) is 52.0 Å². The van der Waals surface area contributed by atoms with Crippen LogP contribution in [-0.2, 0) is 19.0 Å². The third-order valence-electron chi connectivity index (χ3n) is 8.60. The van der Waals surface area contributed by atoms with Crippen molar-refractivity contribution in [3.63, 3.8) is 0 Å². The highest BCUT2D eigenvalue weighted by Gasteiger charge is 2.47. The molecule has 1 saturated heterocycles. The van der Waals surface area contributed by atoms with E-state index >= 15 is 0 Å². The van der Waals surface area contributed by atoms with Gasteiger partial charge in [-0.3, -0.25) is 4.79 Å². The zero-order valence-corrected chi connectivity index (χ0v) is 28.1. The highest BCUT2D eigenvalue weighted by atomic mass is 16.6. The van der Waals surface area contributed by atoms with Gasteiger partial charge in [0.15, 0.2) is 0 Å². The minimum atomic E-state index is -1.13. The molecule has 252 valence electrons. The van der Waals surface area contributed by atoms with Gasteiger partial charge in [-0.15, -0.1) is 0 Å². The van der Waals surface area contributed by atoms with Crippen LogP contribution in [0.25, 0.3) is 0 Å². The van der Waals surface area contributed by atoms with Crippen LogP contribution >= 0.6 is 0 Å². The molecule has 10 heteroatoms. The molecule has 2 rings (SSSR count). The number of aliphatic hydroxyl groups is 3. The number of hydrogen-bond acceptors (Lipinski definition) is 9. The Kier molecular flexibility index (Phi) is 15.6. The lowest BCUT2D eigenvalue weighted by atomic mass is 9.91. The summed E-state index contributed by atoms with van der Waals surface area (Å²) in [5.74, 6) is -0.801. The summed E-state index contributed by atoms with van der Waals surface area (Å²) < 4.78 is 17.4. The first-order chi connectivity index (χ1) is 20.6. The van der Waals surface area contributed by atoms with Crippen molar-refractivity contribution < 1.29 is 39.1 Å². The highest BCUT2D eigenvalue weighted by molar-refractivity contribution is 5.70. The standard InChI is InChI=1S/C34H58N2O8/c1-9-27(38)25(5)32-29(42-32)21-34(6,41)17-10-12-23(3)31-24(4)14-16-28(43-33(40)35-18-11-19-36(7)8)22(2)13-15-26(37)20-30(39)44-31/h10,12,14,16-17,22,24-29,31-32,37-38,41H,9,11,13,15,18-21H2,1-8H3,(H,35,40)/b16-14+,17-10+,23-12+. The van der Waals surface area contributed by atoms with Gasteiger partial charge in [0.2, 0.25) is 0 Å². The predicted octanol–water partition coefficient (Wildman–Crippen LogP) is 4.14. The largest absolute Gasteiger partial charge is 0.457 e. The average molecular weight is 623 g/mol. The minimum absolute atomic E-state index is 0.00575. The monoisotopic (exact) mass is 622 g/mol. The molecule has 0 spiro atoms. The van der Waals surface area contributed by atoms with Crippen molar-refractivity contribution in [2.75, 3.05) is 27.2 Å². The quantitative estimate of drug-likeness (QED) is 0.0784. The molecule has 0 aromatic carbocycles. The molecule has 4 N–H and O–H groups in total. The fourth-order valence-corrected chi connectivity index (χ4v) is 5.55. The van der Waals surface area contributed by atoms with Gasteiger partial charge in [0.1, 0.15) is 12.2 Å². The SMILES string of the molecule is CCC(O)C(C)C1OC1CC(C)(O)/C=C/C=C(\C)C1OC(=O)CC(O)CCC(C)C(OC(=O)NCCCN(C)C)/C=C/C1C. The fraction of sp³-hybridized carbons (Fsp3) is 0.765. The maximum Gasteiger partial charge on any atom is 0.407 e. The van der Waals surface area contributed by atoms with Crippen molar-refractivity contribution in [2.24, 2.45) is 17.8 Å². The first kappa shape index (κ1) is 37.9. The fourth-order valence-electron chi connectivity index (χ4n) is 5.55. The molecule has 0 aromatic heterocycles. The molecule has 10 nitrogen and oxygen atoms in total. The third kappa shape index (κ3) is 13.4. The number of nitrogens with one attached hydrogen (secondary N) is 1. The summed E-state index contributed by atoms with van der Waals surface area (Å²) in [7, 11) is 3.96. The minimum Gasteiger partial charge on any atom is -0.457 e. The number of carbonyl (C=O) groups is 2. The number of aliphatic hydroxyl groups excluding tert-OH is 2. The van der Waals surface area contributed by atoms with Crippen molar-refractivity contribution in [1.29, 1.82) is 0 Å². The van der Waals surface area contributed by atoms with E-state index in [4.69, 9.17) is 14.2 Å². The van der Waals surface area contributed by atoms with Gasteiger partial charge in [0.25, 0.3) is 0 Å². The molecule has 1 fully saturated rings. The van der Waals surface area contributed by atoms with E-state index in [0.717, 1.165) is 18.5 Å². The van der Waals surface area contributed by atoms with Crippen LogP contribution in [0.15, 0.2) is 36.0 Å². The lowest BCUT2D eigenvalue weighted by molar-refractivity contribution is -0.151. The number of hydrogen-bond donors (Lipinski definition) is 4. The van der Waals surface area contributed by atoms with Gasteiger partial charge in [-0.2, -0.15) is 0 Å². The first-order valence-electron chi connectivity index (χ1n) is 16.2. The third-order valence-corrected chi connectivity index (χ3v) is 8.60. The Balaban J connectivity index is 2.12. The average Bonchev–Trinajstić information content (AvgIpc) is 3.70. The van der Waals surface area contributed by atoms with E-state index in [9.17, 15) is 24.9 Å². The number of esters is 1. The number of alkyl carbamates (subject to hydrolysis) is 1. The molecule has 44 heavy (non-hydrogen) atoms. The second-order valence-electron chi connectivity index (χ2n) is 13.3. The summed E-state index contributed by atoms with van der Waals surface area (Å²) in [6, 6.07) is 0. The van der Waals surface area contributed by atoms with Gasteiger partial charge in [0, 0.05) is 24.8 Å². The van der Waals surface area contributed by atoms with Gasteiger partial charge >= 0.3 is 12.1 Å². The zero-order valence-electron chi connectivity index (χ0n) is 28.1. The maximum atomic E-state index is 12.7. The molecule has 0 saturated carbocycles. The summed E-state index contributed by atoms with van der Waals surface area (Å²) in [6.07, 6.45) is 8.62. The summed E-state index contributed by atoms with van der Waals surface area (Å²) in [5, 5.41) is 34.4. The highest BCUT2D eigenvalue weighted by Crippen LogP contribution is 2.37. The van der Waals surface area contributed by atoms with Crippen LogP contribution in [0.3, 0.4) is 0 Å². The van der Waals surface area contributed by atoms with E-state index < -0.39 is 42.1 Å². The topological polar surface area (TPSA) is 141 Å². The normalized spacial score (nSPS) is 32.1.